The van der Waals surface area contributed by atoms with Crippen molar-refractivity contribution >= 4 is 11.3 Å². The maximum absolute atomic E-state index is 2.76. The van der Waals surface area contributed by atoms with Crippen LogP contribution in [0.15, 0.2) is 16.8 Å². The molecule has 2 fully saturated rings. The second kappa shape index (κ2) is 5.53. The van der Waals surface area contributed by atoms with Crippen molar-refractivity contribution in [3.05, 3.63) is 22.4 Å². The van der Waals surface area contributed by atoms with Crippen molar-refractivity contribution in [1.29, 1.82) is 0 Å². The molecule has 2 heteroatoms. The normalized spacial score (nSPS) is 27.6. The van der Waals surface area contributed by atoms with Crippen LogP contribution in [0.1, 0.15) is 56.6 Å². The number of hydrogen-bond acceptors (Lipinski definition) is 2. The first-order valence-electron chi connectivity index (χ1n) is 7.19. The van der Waals surface area contributed by atoms with Gasteiger partial charge in [-0.2, -0.15) is 11.3 Å². The SMILES string of the molecule is c1cc([C@@H]2CCCN2CC2CCCCC2)cs1. The Bertz CT molecular complexity index is 327. The summed E-state index contributed by atoms with van der Waals surface area (Å²) in [6.45, 7) is 2.69. The lowest BCUT2D eigenvalue weighted by molar-refractivity contribution is 0.188. The van der Waals surface area contributed by atoms with Crippen LogP contribution in [0.5, 0.6) is 0 Å². The Morgan fingerprint density at radius 2 is 2.00 bits per heavy atom. The molecule has 1 saturated carbocycles. The van der Waals surface area contributed by atoms with Crippen LogP contribution in [-0.2, 0) is 0 Å². The van der Waals surface area contributed by atoms with Gasteiger partial charge < -0.3 is 0 Å². The molecule has 1 aromatic rings. The first-order valence-corrected chi connectivity index (χ1v) is 8.14. The standard InChI is InChI=1S/C15H23NS/c1-2-5-13(6-3-1)11-16-9-4-7-15(16)14-8-10-17-12-14/h8,10,12-13,15H,1-7,9,11H2/t15-/m0/s1. The zero-order valence-electron chi connectivity index (χ0n) is 10.6. The molecule has 1 nitrogen and oxygen atoms in total. The van der Waals surface area contributed by atoms with Gasteiger partial charge in [-0.15, -0.1) is 0 Å². The minimum Gasteiger partial charge on any atom is -0.296 e. The largest absolute Gasteiger partial charge is 0.296 e. The molecule has 0 bridgehead atoms. The van der Waals surface area contributed by atoms with E-state index < -0.39 is 0 Å². The predicted molar refractivity (Wildman–Crippen MR) is 74.4 cm³/mol. The van der Waals surface area contributed by atoms with Gasteiger partial charge in [0.25, 0.3) is 0 Å². The lowest BCUT2D eigenvalue weighted by Gasteiger charge is -2.30. The summed E-state index contributed by atoms with van der Waals surface area (Å²) < 4.78 is 0. The van der Waals surface area contributed by atoms with Crippen LogP contribution in [0.3, 0.4) is 0 Å². The number of nitrogens with zero attached hydrogens (tertiary/aromatic N) is 1. The third-order valence-electron chi connectivity index (χ3n) is 4.51. The maximum atomic E-state index is 2.76. The fourth-order valence-corrected chi connectivity index (χ4v) is 4.30. The lowest BCUT2D eigenvalue weighted by Crippen LogP contribution is -2.30. The molecule has 3 rings (SSSR count). The van der Waals surface area contributed by atoms with Gasteiger partial charge in [0.15, 0.2) is 0 Å². The molecule has 0 N–H and O–H groups in total. The molecule has 0 amide bonds. The molecule has 0 radical (unpaired) electrons. The van der Waals surface area contributed by atoms with E-state index >= 15 is 0 Å². The third kappa shape index (κ3) is 2.74. The highest BCUT2D eigenvalue weighted by Gasteiger charge is 2.28. The van der Waals surface area contributed by atoms with Gasteiger partial charge in [-0.05, 0) is 60.5 Å². The fourth-order valence-electron chi connectivity index (χ4n) is 3.59. The van der Waals surface area contributed by atoms with Gasteiger partial charge in [0.2, 0.25) is 0 Å². The first-order chi connectivity index (χ1) is 8.43. The van der Waals surface area contributed by atoms with E-state index in [4.69, 9.17) is 0 Å². The molecule has 1 saturated heterocycles. The van der Waals surface area contributed by atoms with Crippen LogP contribution in [-0.4, -0.2) is 18.0 Å². The zero-order valence-corrected chi connectivity index (χ0v) is 11.4. The highest BCUT2D eigenvalue weighted by atomic mass is 32.1. The fraction of sp³-hybridized carbons (Fsp3) is 0.733. The Morgan fingerprint density at radius 1 is 1.12 bits per heavy atom. The third-order valence-corrected chi connectivity index (χ3v) is 5.21. The number of hydrogen-bond donors (Lipinski definition) is 0. The smallest absolute Gasteiger partial charge is 0.0356 e. The Hall–Kier alpha value is -0.340. The summed E-state index contributed by atoms with van der Waals surface area (Å²) in [6.07, 6.45) is 10.2. The van der Waals surface area contributed by atoms with Gasteiger partial charge in [0.05, 0.1) is 0 Å². The van der Waals surface area contributed by atoms with Crippen molar-refractivity contribution in [2.24, 2.45) is 5.92 Å². The molecule has 2 aliphatic rings. The zero-order chi connectivity index (χ0) is 11.5. The average molecular weight is 249 g/mol. The maximum Gasteiger partial charge on any atom is 0.0356 e. The molecule has 94 valence electrons. The van der Waals surface area contributed by atoms with Gasteiger partial charge in [-0.25, -0.2) is 0 Å². The summed E-state index contributed by atoms with van der Waals surface area (Å²) in [7, 11) is 0. The Labute approximate surface area is 109 Å². The number of rotatable bonds is 3. The minimum absolute atomic E-state index is 0.739. The number of likely N-dealkylation sites (tertiary alicyclic amines) is 1. The average Bonchev–Trinajstić information content (AvgIpc) is 3.00. The summed E-state index contributed by atoms with van der Waals surface area (Å²) in [5.41, 5.74) is 1.57. The van der Waals surface area contributed by atoms with Crippen molar-refractivity contribution in [3.63, 3.8) is 0 Å². The van der Waals surface area contributed by atoms with Crippen molar-refractivity contribution in [2.45, 2.75) is 51.0 Å². The summed E-state index contributed by atoms with van der Waals surface area (Å²) in [6, 6.07) is 3.07. The van der Waals surface area contributed by atoms with Gasteiger partial charge in [-0.1, -0.05) is 19.3 Å². The molecule has 1 aromatic heterocycles. The molecule has 2 heterocycles. The lowest BCUT2D eigenvalue weighted by atomic mass is 9.88. The van der Waals surface area contributed by atoms with Gasteiger partial charge in [-0.3, -0.25) is 4.90 Å². The monoisotopic (exact) mass is 249 g/mol. The van der Waals surface area contributed by atoms with Crippen LogP contribution >= 0.6 is 11.3 Å². The molecule has 1 aliphatic heterocycles. The molecule has 17 heavy (non-hydrogen) atoms. The Balaban J connectivity index is 1.61. The van der Waals surface area contributed by atoms with Crippen LogP contribution in [0.25, 0.3) is 0 Å². The topological polar surface area (TPSA) is 3.24 Å². The quantitative estimate of drug-likeness (QED) is 0.764. The van der Waals surface area contributed by atoms with Crippen molar-refractivity contribution in [2.75, 3.05) is 13.1 Å². The second-order valence-corrected chi connectivity index (χ2v) is 6.49. The summed E-state index contributed by atoms with van der Waals surface area (Å²) >= 11 is 1.85. The highest BCUT2D eigenvalue weighted by molar-refractivity contribution is 7.07. The first kappa shape index (κ1) is 11.7. The molecular formula is C15H23NS. The van der Waals surface area contributed by atoms with E-state index in [-0.39, 0.29) is 0 Å². The van der Waals surface area contributed by atoms with E-state index in [0.717, 1.165) is 12.0 Å². The molecular weight excluding hydrogens is 226 g/mol. The van der Waals surface area contributed by atoms with Gasteiger partial charge >= 0.3 is 0 Å². The predicted octanol–water partition coefficient (Wildman–Crippen LogP) is 4.47. The van der Waals surface area contributed by atoms with E-state index in [1.54, 1.807) is 5.56 Å². The van der Waals surface area contributed by atoms with Gasteiger partial charge in [0, 0.05) is 12.6 Å². The van der Waals surface area contributed by atoms with E-state index in [1.165, 1.54) is 58.0 Å². The Kier molecular flexibility index (Phi) is 3.82. The minimum atomic E-state index is 0.739. The van der Waals surface area contributed by atoms with Crippen LogP contribution < -0.4 is 0 Å². The molecule has 1 atom stereocenters. The van der Waals surface area contributed by atoms with Crippen LogP contribution in [0.2, 0.25) is 0 Å². The summed E-state index contributed by atoms with van der Waals surface area (Å²) in [5, 5.41) is 4.58. The summed E-state index contributed by atoms with van der Waals surface area (Å²) in [5.74, 6) is 0.989. The molecule has 1 aliphatic carbocycles. The Morgan fingerprint density at radius 3 is 2.76 bits per heavy atom. The van der Waals surface area contributed by atoms with Crippen LogP contribution in [0, 0.1) is 5.92 Å². The van der Waals surface area contributed by atoms with Crippen molar-refractivity contribution in [3.8, 4) is 0 Å². The molecule has 0 unspecified atom stereocenters. The molecule has 0 spiro atoms. The van der Waals surface area contributed by atoms with Gasteiger partial charge in [0.1, 0.15) is 0 Å². The van der Waals surface area contributed by atoms with E-state index in [1.807, 2.05) is 11.3 Å². The second-order valence-electron chi connectivity index (χ2n) is 5.71. The van der Waals surface area contributed by atoms with Crippen molar-refractivity contribution in [1.82, 2.24) is 4.90 Å². The summed E-state index contributed by atoms with van der Waals surface area (Å²) in [4.78, 5) is 2.76. The van der Waals surface area contributed by atoms with E-state index in [0.29, 0.717) is 0 Å². The van der Waals surface area contributed by atoms with Crippen molar-refractivity contribution < 1.29 is 0 Å². The highest BCUT2D eigenvalue weighted by Crippen LogP contribution is 2.35. The van der Waals surface area contributed by atoms with Crippen LogP contribution in [0.4, 0.5) is 0 Å². The number of thiophene rings is 1. The molecule has 0 aromatic carbocycles. The van der Waals surface area contributed by atoms with E-state index in [2.05, 4.69) is 21.7 Å². The van der Waals surface area contributed by atoms with E-state index in [9.17, 15) is 0 Å².